The van der Waals surface area contributed by atoms with Gasteiger partial charge in [0, 0.05) is 6.42 Å². The van der Waals surface area contributed by atoms with Crippen molar-refractivity contribution in [2.75, 3.05) is 6.61 Å². The molecule has 15 heavy (non-hydrogen) atoms. The highest BCUT2D eigenvalue weighted by atomic mass is 16.5. The van der Waals surface area contributed by atoms with E-state index in [1.54, 1.807) is 0 Å². The summed E-state index contributed by atoms with van der Waals surface area (Å²) in [4.78, 5) is 32.1. The number of aliphatic carboxylic acids is 1. The lowest BCUT2D eigenvalue weighted by Gasteiger charge is -2.08. The Morgan fingerprint density at radius 3 is 2.53 bits per heavy atom. The van der Waals surface area contributed by atoms with Crippen molar-refractivity contribution in [3.63, 3.8) is 0 Å². The third kappa shape index (κ3) is 6.42. The lowest BCUT2D eigenvalue weighted by atomic mass is 10.1. The molecule has 5 nitrogen and oxygen atoms in total. The van der Waals surface area contributed by atoms with Gasteiger partial charge in [0.25, 0.3) is 0 Å². The summed E-state index contributed by atoms with van der Waals surface area (Å²) in [5.41, 5.74) is 0. The van der Waals surface area contributed by atoms with Crippen LogP contribution in [0.3, 0.4) is 0 Å². The summed E-state index contributed by atoms with van der Waals surface area (Å²) >= 11 is 0. The molecular weight excluding hydrogens is 200 g/mol. The summed E-state index contributed by atoms with van der Waals surface area (Å²) in [5.74, 6) is -2.56. The van der Waals surface area contributed by atoms with Gasteiger partial charge in [-0.3, -0.25) is 14.4 Å². The van der Waals surface area contributed by atoms with E-state index in [2.05, 4.69) is 6.58 Å². The summed E-state index contributed by atoms with van der Waals surface area (Å²) in [5, 5.41) is 8.41. The first-order valence-electron chi connectivity index (χ1n) is 4.51. The number of esters is 1. The van der Waals surface area contributed by atoms with E-state index in [0.29, 0.717) is 0 Å². The fourth-order valence-electron chi connectivity index (χ4n) is 0.842. The Balaban J connectivity index is 3.78. The van der Waals surface area contributed by atoms with Gasteiger partial charge in [-0.2, -0.15) is 0 Å². The van der Waals surface area contributed by atoms with E-state index in [1.165, 1.54) is 6.92 Å². The van der Waals surface area contributed by atoms with E-state index in [9.17, 15) is 14.4 Å². The van der Waals surface area contributed by atoms with Crippen LogP contribution in [0.25, 0.3) is 0 Å². The Morgan fingerprint density at radius 1 is 1.47 bits per heavy atom. The van der Waals surface area contributed by atoms with Crippen LogP contribution >= 0.6 is 0 Å². The van der Waals surface area contributed by atoms with E-state index in [-0.39, 0.29) is 25.2 Å². The average molecular weight is 214 g/mol. The second kappa shape index (κ2) is 6.75. The Kier molecular flexibility index (Phi) is 6.01. The molecule has 0 aromatic carbocycles. The number of hydrogen-bond acceptors (Lipinski definition) is 4. The van der Waals surface area contributed by atoms with Gasteiger partial charge in [0.15, 0.2) is 5.78 Å². The molecule has 0 fully saturated rings. The normalized spacial score (nSPS) is 11.5. The van der Waals surface area contributed by atoms with Crippen molar-refractivity contribution in [2.24, 2.45) is 5.92 Å². The number of ketones is 1. The molecule has 0 radical (unpaired) electrons. The molecule has 0 amide bonds. The van der Waals surface area contributed by atoms with Crippen molar-refractivity contribution in [3.05, 3.63) is 12.7 Å². The summed E-state index contributed by atoms with van der Waals surface area (Å²) in [6.07, 6.45) is 0.956. The molecule has 84 valence electrons. The molecule has 0 aliphatic carbocycles. The predicted octanol–water partition coefficient (Wildman–Crippen LogP) is 0.786. The number of hydrogen-bond donors (Lipinski definition) is 1. The third-order valence-electron chi connectivity index (χ3n) is 1.70. The van der Waals surface area contributed by atoms with E-state index in [1.807, 2.05) is 0 Å². The summed E-state index contributed by atoms with van der Waals surface area (Å²) in [7, 11) is 0. The molecule has 0 saturated carbocycles. The van der Waals surface area contributed by atoms with E-state index >= 15 is 0 Å². The lowest BCUT2D eigenvalue weighted by Crippen LogP contribution is -2.19. The van der Waals surface area contributed by atoms with Gasteiger partial charge in [0.05, 0.1) is 18.9 Å². The van der Waals surface area contributed by atoms with Crippen LogP contribution in [0.15, 0.2) is 12.7 Å². The first kappa shape index (κ1) is 13.4. The number of carboxylic acids is 1. The Morgan fingerprint density at radius 2 is 2.07 bits per heavy atom. The fourth-order valence-corrected chi connectivity index (χ4v) is 0.842. The van der Waals surface area contributed by atoms with Gasteiger partial charge in [-0.25, -0.2) is 0 Å². The topological polar surface area (TPSA) is 80.7 Å². The zero-order valence-electron chi connectivity index (χ0n) is 8.56. The van der Waals surface area contributed by atoms with E-state index in [4.69, 9.17) is 9.84 Å². The molecule has 0 aromatic heterocycles. The monoisotopic (exact) mass is 214 g/mol. The number of ether oxygens (including phenoxy) is 1. The second-order valence-electron chi connectivity index (χ2n) is 3.09. The van der Waals surface area contributed by atoms with Crippen molar-refractivity contribution >= 4 is 17.7 Å². The largest absolute Gasteiger partial charge is 0.481 e. The predicted molar refractivity (Wildman–Crippen MR) is 52.2 cm³/mol. The SMILES string of the molecule is C=CC(=O)CCOC(=O)C(C)CC(=O)O. The molecule has 0 spiro atoms. The quantitative estimate of drug-likeness (QED) is 0.500. The van der Waals surface area contributed by atoms with Crippen LogP contribution in [-0.2, 0) is 19.1 Å². The third-order valence-corrected chi connectivity index (χ3v) is 1.70. The molecule has 1 N–H and O–H groups in total. The molecule has 0 rings (SSSR count). The number of carbonyl (C=O) groups excluding carboxylic acids is 2. The maximum absolute atomic E-state index is 11.1. The zero-order valence-corrected chi connectivity index (χ0v) is 8.56. The Bertz CT molecular complexity index is 269. The smallest absolute Gasteiger partial charge is 0.309 e. The second-order valence-corrected chi connectivity index (χ2v) is 3.09. The fraction of sp³-hybridized carbons (Fsp3) is 0.500. The van der Waals surface area contributed by atoms with Crippen molar-refractivity contribution in [3.8, 4) is 0 Å². The van der Waals surface area contributed by atoms with Gasteiger partial charge >= 0.3 is 11.9 Å². The highest BCUT2D eigenvalue weighted by Gasteiger charge is 2.17. The molecule has 0 bridgehead atoms. The van der Waals surface area contributed by atoms with Gasteiger partial charge in [-0.1, -0.05) is 13.5 Å². The van der Waals surface area contributed by atoms with Crippen molar-refractivity contribution in [1.29, 1.82) is 0 Å². The average Bonchev–Trinajstić information content (AvgIpc) is 2.16. The molecule has 5 heteroatoms. The van der Waals surface area contributed by atoms with E-state index in [0.717, 1.165) is 6.08 Å². The number of carbonyl (C=O) groups is 3. The van der Waals surface area contributed by atoms with Crippen LogP contribution in [0.1, 0.15) is 19.8 Å². The molecule has 0 heterocycles. The minimum Gasteiger partial charge on any atom is -0.481 e. The summed E-state index contributed by atoms with van der Waals surface area (Å²) < 4.78 is 4.71. The summed E-state index contributed by atoms with van der Waals surface area (Å²) in [6.45, 7) is 4.70. The van der Waals surface area contributed by atoms with Crippen molar-refractivity contribution in [1.82, 2.24) is 0 Å². The first-order chi connectivity index (χ1) is 6.97. The zero-order chi connectivity index (χ0) is 11.8. The number of rotatable bonds is 7. The highest BCUT2D eigenvalue weighted by molar-refractivity contribution is 5.89. The maximum Gasteiger partial charge on any atom is 0.309 e. The van der Waals surface area contributed by atoms with Gasteiger partial charge in [-0.15, -0.1) is 0 Å². The van der Waals surface area contributed by atoms with Crippen LogP contribution in [0.4, 0.5) is 0 Å². The molecule has 0 aliphatic heterocycles. The molecular formula is C10H14O5. The first-order valence-corrected chi connectivity index (χ1v) is 4.51. The highest BCUT2D eigenvalue weighted by Crippen LogP contribution is 2.04. The lowest BCUT2D eigenvalue weighted by molar-refractivity contribution is -0.152. The standard InChI is InChI=1S/C10H14O5/c1-3-8(11)4-5-15-10(14)7(2)6-9(12)13/h3,7H,1,4-6H2,2H3,(H,12,13). The number of allylic oxidation sites excluding steroid dienone is 1. The minimum atomic E-state index is -1.05. The molecule has 0 aromatic rings. The van der Waals surface area contributed by atoms with E-state index < -0.39 is 17.9 Å². The van der Waals surface area contributed by atoms with Gasteiger partial charge in [-0.05, 0) is 6.08 Å². The van der Waals surface area contributed by atoms with Crippen LogP contribution < -0.4 is 0 Å². The molecule has 0 aliphatic rings. The molecule has 0 saturated heterocycles. The van der Waals surface area contributed by atoms with Crippen molar-refractivity contribution in [2.45, 2.75) is 19.8 Å². The van der Waals surface area contributed by atoms with Crippen LogP contribution in [0, 0.1) is 5.92 Å². The van der Waals surface area contributed by atoms with Crippen molar-refractivity contribution < 1.29 is 24.2 Å². The maximum atomic E-state index is 11.1. The van der Waals surface area contributed by atoms with Gasteiger partial charge < -0.3 is 9.84 Å². The van der Waals surface area contributed by atoms with Crippen LogP contribution in [0.5, 0.6) is 0 Å². The minimum absolute atomic E-state index is 0.0341. The van der Waals surface area contributed by atoms with Crippen LogP contribution in [-0.4, -0.2) is 29.4 Å². The Labute approximate surface area is 87.7 Å². The number of carboxylic acid groups (broad SMARTS) is 1. The molecule has 1 unspecified atom stereocenters. The van der Waals surface area contributed by atoms with Gasteiger partial charge in [0.2, 0.25) is 0 Å². The molecule has 1 atom stereocenters. The Hall–Kier alpha value is -1.65. The van der Waals surface area contributed by atoms with Crippen LogP contribution in [0.2, 0.25) is 0 Å². The van der Waals surface area contributed by atoms with Gasteiger partial charge in [0.1, 0.15) is 0 Å². The summed E-state index contributed by atoms with van der Waals surface area (Å²) in [6, 6.07) is 0.